The van der Waals surface area contributed by atoms with Crippen LogP contribution in [-0.4, -0.2) is 9.97 Å². The largest absolute Gasteiger partial charge is 0.437 e. The lowest BCUT2D eigenvalue weighted by Gasteiger charge is -2.07. The van der Waals surface area contributed by atoms with Gasteiger partial charge in [0, 0.05) is 18.0 Å². The first-order chi connectivity index (χ1) is 7.65. The van der Waals surface area contributed by atoms with E-state index in [0.29, 0.717) is 17.3 Å². The summed E-state index contributed by atoms with van der Waals surface area (Å²) in [4.78, 5) is 8.45. The molecule has 0 amide bonds. The van der Waals surface area contributed by atoms with E-state index in [4.69, 9.17) is 10.5 Å². The van der Waals surface area contributed by atoms with E-state index >= 15 is 0 Å². The Bertz CT molecular complexity index is 511. The third kappa shape index (κ3) is 2.28. The minimum atomic E-state index is 0.519. The van der Waals surface area contributed by atoms with E-state index < -0.39 is 0 Å². The maximum atomic E-state index is 5.66. The number of rotatable bonds is 2. The summed E-state index contributed by atoms with van der Waals surface area (Å²) in [5.41, 5.74) is 7.91. The van der Waals surface area contributed by atoms with Crippen LogP contribution in [0.15, 0.2) is 30.5 Å². The van der Waals surface area contributed by atoms with E-state index in [-0.39, 0.29) is 0 Å². The predicted octanol–water partition coefficient (Wildman–Crippen LogP) is 2.47. The lowest BCUT2D eigenvalue weighted by atomic mass is 10.3. The van der Waals surface area contributed by atoms with Crippen LogP contribution in [0.1, 0.15) is 11.4 Å². The van der Waals surface area contributed by atoms with Gasteiger partial charge >= 0.3 is 0 Å². The monoisotopic (exact) mass is 215 g/mol. The molecule has 0 bridgehead atoms. The van der Waals surface area contributed by atoms with Gasteiger partial charge in [-0.2, -0.15) is 0 Å². The van der Waals surface area contributed by atoms with Crippen molar-refractivity contribution < 1.29 is 4.74 Å². The molecule has 4 heteroatoms. The van der Waals surface area contributed by atoms with E-state index in [2.05, 4.69) is 9.97 Å². The second-order valence-electron chi connectivity index (χ2n) is 3.58. The van der Waals surface area contributed by atoms with Gasteiger partial charge in [-0.05, 0) is 26.0 Å². The van der Waals surface area contributed by atoms with Crippen LogP contribution in [0.5, 0.6) is 11.6 Å². The van der Waals surface area contributed by atoms with E-state index in [1.165, 1.54) is 0 Å². The van der Waals surface area contributed by atoms with Crippen LogP contribution in [0.4, 0.5) is 5.69 Å². The molecule has 0 radical (unpaired) electrons. The molecular weight excluding hydrogens is 202 g/mol. The maximum Gasteiger partial charge on any atom is 0.241 e. The predicted molar refractivity (Wildman–Crippen MR) is 62.4 cm³/mol. The third-order valence-corrected chi connectivity index (χ3v) is 2.11. The molecule has 0 fully saturated rings. The van der Waals surface area contributed by atoms with Gasteiger partial charge in [0.05, 0.1) is 11.4 Å². The van der Waals surface area contributed by atoms with Crippen LogP contribution < -0.4 is 10.5 Å². The number of benzene rings is 1. The summed E-state index contributed by atoms with van der Waals surface area (Å²) in [6.45, 7) is 3.73. The van der Waals surface area contributed by atoms with Crippen LogP contribution in [0, 0.1) is 13.8 Å². The number of nitrogen functional groups attached to an aromatic ring is 1. The van der Waals surface area contributed by atoms with Crippen LogP contribution >= 0.6 is 0 Å². The molecule has 0 unspecified atom stereocenters. The zero-order valence-corrected chi connectivity index (χ0v) is 9.27. The number of ether oxygens (including phenoxy) is 1. The number of nitrogens with two attached hydrogens (primary N) is 1. The fourth-order valence-corrected chi connectivity index (χ4v) is 1.30. The van der Waals surface area contributed by atoms with Gasteiger partial charge in [-0.1, -0.05) is 6.07 Å². The van der Waals surface area contributed by atoms with Gasteiger partial charge in [0.2, 0.25) is 5.88 Å². The molecule has 16 heavy (non-hydrogen) atoms. The zero-order chi connectivity index (χ0) is 11.5. The highest BCUT2D eigenvalue weighted by Crippen LogP contribution is 2.23. The Kier molecular flexibility index (Phi) is 2.72. The lowest BCUT2D eigenvalue weighted by molar-refractivity contribution is 0.454. The second-order valence-corrected chi connectivity index (χ2v) is 3.58. The van der Waals surface area contributed by atoms with Gasteiger partial charge in [0.25, 0.3) is 0 Å². The molecule has 1 aromatic carbocycles. The van der Waals surface area contributed by atoms with Crippen LogP contribution in [0.25, 0.3) is 0 Å². The van der Waals surface area contributed by atoms with Gasteiger partial charge in [-0.25, -0.2) is 4.98 Å². The molecule has 0 spiro atoms. The van der Waals surface area contributed by atoms with Crippen molar-refractivity contribution in [2.45, 2.75) is 13.8 Å². The number of aryl methyl sites for hydroxylation is 2. The molecule has 0 aliphatic carbocycles. The van der Waals surface area contributed by atoms with Crippen molar-refractivity contribution in [3.63, 3.8) is 0 Å². The van der Waals surface area contributed by atoms with Crippen molar-refractivity contribution in [1.82, 2.24) is 9.97 Å². The lowest BCUT2D eigenvalue weighted by Crippen LogP contribution is -1.96. The first-order valence-electron chi connectivity index (χ1n) is 4.99. The van der Waals surface area contributed by atoms with E-state index in [1.54, 1.807) is 12.3 Å². The summed E-state index contributed by atoms with van der Waals surface area (Å²) in [5.74, 6) is 1.19. The zero-order valence-electron chi connectivity index (χ0n) is 9.27. The van der Waals surface area contributed by atoms with E-state index in [0.717, 1.165) is 11.4 Å². The smallest absolute Gasteiger partial charge is 0.241 e. The van der Waals surface area contributed by atoms with Crippen LogP contribution in [0.2, 0.25) is 0 Å². The van der Waals surface area contributed by atoms with E-state index in [1.807, 2.05) is 32.0 Å². The number of hydrogen-bond donors (Lipinski definition) is 1. The fraction of sp³-hybridized carbons (Fsp3) is 0.167. The Labute approximate surface area is 94.1 Å². The first-order valence-corrected chi connectivity index (χ1v) is 4.99. The number of anilines is 1. The van der Waals surface area contributed by atoms with Gasteiger partial charge < -0.3 is 10.5 Å². The highest BCUT2D eigenvalue weighted by atomic mass is 16.5. The van der Waals surface area contributed by atoms with Crippen LogP contribution in [0.3, 0.4) is 0 Å². The number of nitrogens with zero attached hydrogens (tertiary/aromatic N) is 2. The van der Waals surface area contributed by atoms with Crippen LogP contribution in [-0.2, 0) is 0 Å². The maximum absolute atomic E-state index is 5.66. The average molecular weight is 215 g/mol. The summed E-state index contributed by atoms with van der Waals surface area (Å²) in [7, 11) is 0. The SMILES string of the molecule is Cc1cnc(C)c(Oc2cccc(N)c2)n1. The van der Waals surface area contributed by atoms with Crippen molar-refractivity contribution in [2.75, 3.05) is 5.73 Å². The Morgan fingerprint density at radius 3 is 2.81 bits per heavy atom. The molecule has 2 N–H and O–H groups in total. The standard InChI is InChI=1S/C12H13N3O/c1-8-7-14-9(2)12(15-8)16-11-5-3-4-10(13)6-11/h3-7H,13H2,1-2H3. The van der Waals surface area contributed by atoms with Gasteiger partial charge in [0.15, 0.2) is 0 Å². The van der Waals surface area contributed by atoms with Crippen molar-refractivity contribution >= 4 is 5.69 Å². The second kappa shape index (κ2) is 4.18. The summed E-state index contributed by atoms with van der Waals surface area (Å²) in [6.07, 6.45) is 1.71. The molecule has 0 atom stereocenters. The average Bonchev–Trinajstić information content (AvgIpc) is 2.24. The molecule has 0 aliphatic rings. The minimum Gasteiger partial charge on any atom is -0.437 e. The van der Waals surface area contributed by atoms with Gasteiger partial charge in [-0.3, -0.25) is 4.98 Å². The van der Waals surface area contributed by atoms with E-state index in [9.17, 15) is 0 Å². The Morgan fingerprint density at radius 1 is 1.25 bits per heavy atom. The molecule has 0 saturated heterocycles. The van der Waals surface area contributed by atoms with Gasteiger partial charge in [0.1, 0.15) is 5.75 Å². The number of hydrogen-bond acceptors (Lipinski definition) is 4. The normalized spacial score (nSPS) is 10.1. The van der Waals surface area contributed by atoms with Crippen molar-refractivity contribution in [1.29, 1.82) is 0 Å². The molecule has 1 aromatic heterocycles. The molecule has 4 nitrogen and oxygen atoms in total. The topological polar surface area (TPSA) is 61.0 Å². The highest BCUT2D eigenvalue weighted by Gasteiger charge is 2.04. The summed E-state index contributed by atoms with van der Waals surface area (Å²) >= 11 is 0. The fourth-order valence-electron chi connectivity index (χ4n) is 1.30. The Hall–Kier alpha value is -2.10. The minimum absolute atomic E-state index is 0.519. The van der Waals surface area contributed by atoms with Crippen molar-refractivity contribution in [3.05, 3.63) is 41.9 Å². The molecule has 0 saturated carbocycles. The highest BCUT2D eigenvalue weighted by molar-refractivity contribution is 5.44. The Morgan fingerprint density at radius 2 is 2.06 bits per heavy atom. The summed E-state index contributed by atoms with van der Waals surface area (Å²) < 4.78 is 5.62. The van der Waals surface area contributed by atoms with Gasteiger partial charge in [-0.15, -0.1) is 0 Å². The molecule has 0 aliphatic heterocycles. The first kappa shape index (κ1) is 10.4. The molecule has 82 valence electrons. The third-order valence-electron chi connectivity index (χ3n) is 2.11. The quantitative estimate of drug-likeness (QED) is 0.782. The molecule has 2 aromatic rings. The summed E-state index contributed by atoms with van der Waals surface area (Å²) in [6, 6.07) is 7.23. The number of aromatic nitrogens is 2. The molecule has 1 heterocycles. The Balaban J connectivity index is 2.30. The summed E-state index contributed by atoms with van der Waals surface area (Å²) in [5, 5.41) is 0. The molecular formula is C12H13N3O. The molecule has 2 rings (SSSR count). The van der Waals surface area contributed by atoms with Crippen molar-refractivity contribution in [2.24, 2.45) is 0 Å². The van der Waals surface area contributed by atoms with Crippen molar-refractivity contribution in [3.8, 4) is 11.6 Å².